The lowest BCUT2D eigenvalue weighted by Crippen LogP contribution is -2.30. The number of halogens is 1. The number of anilines is 1. The number of allylic oxidation sites excluding steroid dienone is 2. The Kier molecular flexibility index (Phi) is 4.28. The fraction of sp³-hybridized carbons (Fsp3) is 0.318. The maximum absolute atomic E-state index is 11.7. The lowest BCUT2D eigenvalue weighted by atomic mass is 9.75. The molecular weight excluding hydrogens is 346 g/mol. The van der Waals surface area contributed by atoms with Crippen LogP contribution in [0, 0.1) is 5.92 Å². The summed E-state index contributed by atoms with van der Waals surface area (Å²) in [5, 5.41) is 13.8. The van der Waals surface area contributed by atoms with Crippen molar-refractivity contribution in [2.24, 2.45) is 5.92 Å². The quantitative estimate of drug-likeness (QED) is 0.655. The molecule has 1 heterocycles. The molecule has 0 unspecified atom stereocenters. The second kappa shape index (κ2) is 6.48. The highest BCUT2D eigenvalue weighted by atomic mass is 35.5. The van der Waals surface area contributed by atoms with Gasteiger partial charge in [-0.2, -0.15) is 0 Å². The van der Waals surface area contributed by atoms with Gasteiger partial charge in [-0.05, 0) is 47.1 Å². The molecule has 1 aliphatic carbocycles. The van der Waals surface area contributed by atoms with Crippen LogP contribution in [0.15, 0.2) is 48.6 Å². The SMILES string of the molecule is CC(C)c1ccc([C@H]2Nc3c(Cl)ccc(C(=O)O)c3[C@@H]3C=CC[C@H]23)cc1. The van der Waals surface area contributed by atoms with E-state index in [1.54, 1.807) is 12.1 Å². The van der Waals surface area contributed by atoms with E-state index in [0.29, 0.717) is 22.4 Å². The first-order chi connectivity index (χ1) is 12.5. The summed E-state index contributed by atoms with van der Waals surface area (Å²) in [6.45, 7) is 4.38. The molecule has 0 fully saturated rings. The fourth-order valence-corrected chi connectivity index (χ4v) is 4.50. The highest BCUT2D eigenvalue weighted by Gasteiger charge is 2.40. The number of fused-ring (bicyclic) bond motifs is 3. The maximum atomic E-state index is 11.7. The molecule has 134 valence electrons. The van der Waals surface area contributed by atoms with E-state index in [2.05, 4.69) is 55.6 Å². The summed E-state index contributed by atoms with van der Waals surface area (Å²) in [5.74, 6) is -0.0362. The highest BCUT2D eigenvalue weighted by Crippen LogP contribution is 2.52. The molecule has 0 saturated carbocycles. The van der Waals surface area contributed by atoms with Gasteiger partial charge in [0.15, 0.2) is 0 Å². The molecule has 0 saturated heterocycles. The number of carboxylic acids is 1. The molecule has 0 amide bonds. The van der Waals surface area contributed by atoms with Crippen molar-refractivity contribution in [2.45, 2.75) is 38.1 Å². The Labute approximate surface area is 158 Å². The lowest BCUT2D eigenvalue weighted by molar-refractivity contribution is 0.0695. The van der Waals surface area contributed by atoms with E-state index in [4.69, 9.17) is 11.6 Å². The first-order valence-electron chi connectivity index (χ1n) is 9.06. The number of rotatable bonds is 3. The van der Waals surface area contributed by atoms with E-state index in [0.717, 1.165) is 17.7 Å². The summed E-state index contributed by atoms with van der Waals surface area (Å²) in [6, 6.07) is 12.1. The minimum atomic E-state index is -0.904. The van der Waals surface area contributed by atoms with Gasteiger partial charge in [-0.25, -0.2) is 4.79 Å². The van der Waals surface area contributed by atoms with Gasteiger partial charge in [0.25, 0.3) is 0 Å². The van der Waals surface area contributed by atoms with Crippen molar-refractivity contribution in [3.05, 3.63) is 75.8 Å². The molecule has 2 aromatic carbocycles. The minimum Gasteiger partial charge on any atom is -0.478 e. The summed E-state index contributed by atoms with van der Waals surface area (Å²) < 4.78 is 0. The first-order valence-corrected chi connectivity index (χ1v) is 9.44. The van der Waals surface area contributed by atoms with E-state index >= 15 is 0 Å². The van der Waals surface area contributed by atoms with Crippen molar-refractivity contribution in [1.82, 2.24) is 0 Å². The number of carboxylic acid groups (broad SMARTS) is 1. The Morgan fingerprint density at radius 3 is 2.58 bits per heavy atom. The number of aromatic carboxylic acids is 1. The van der Waals surface area contributed by atoms with Crippen LogP contribution in [-0.2, 0) is 0 Å². The van der Waals surface area contributed by atoms with Crippen molar-refractivity contribution in [1.29, 1.82) is 0 Å². The molecule has 0 radical (unpaired) electrons. The van der Waals surface area contributed by atoms with Gasteiger partial charge in [-0.15, -0.1) is 0 Å². The Hall–Kier alpha value is -2.26. The third-order valence-electron chi connectivity index (χ3n) is 5.66. The molecule has 4 heteroatoms. The Bertz CT molecular complexity index is 886. The number of hydrogen-bond acceptors (Lipinski definition) is 2. The van der Waals surface area contributed by atoms with Gasteiger partial charge in [0.05, 0.1) is 22.3 Å². The maximum Gasteiger partial charge on any atom is 0.336 e. The largest absolute Gasteiger partial charge is 0.478 e. The van der Waals surface area contributed by atoms with Crippen molar-refractivity contribution in [3.63, 3.8) is 0 Å². The minimum absolute atomic E-state index is 0.0748. The van der Waals surface area contributed by atoms with E-state index in [9.17, 15) is 9.90 Å². The topological polar surface area (TPSA) is 49.3 Å². The Morgan fingerprint density at radius 1 is 1.19 bits per heavy atom. The molecule has 2 aliphatic rings. The zero-order chi connectivity index (χ0) is 18.4. The molecule has 1 aliphatic heterocycles. The lowest BCUT2D eigenvalue weighted by Gasteiger charge is -2.38. The van der Waals surface area contributed by atoms with Crippen LogP contribution in [0.5, 0.6) is 0 Å². The first kappa shape index (κ1) is 17.2. The second-order valence-corrected chi connectivity index (χ2v) is 7.89. The molecular formula is C22H22ClNO2. The summed E-state index contributed by atoms with van der Waals surface area (Å²) >= 11 is 6.45. The van der Waals surface area contributed by atoms with Crippen LogP contribution in [0.25, 0.3) is 0 Å². The van der Waals surface area contributed by atoms with Crippen LogP contribution in [-0.4, -0.2) is 11.1 Å². The summed E-state index contributed by atoms with van der Waals surface area (Å²) in [6.07, 6.45) is 5.23. The van der Waals surface area contributed by atoms with Crippen molar-refractivity contribution in [2.75, 3.05) is 5.32 Å². The van der Waals surface area contributed by atoms with E-state index < -0.39 is 5.97 Å². The molecule has 0 bridgehead atoms. The second-order valence-electron chi connectivity index (χ2n) is 7.49. The van der Waals surface area contributed by atoms with Crippen molar-refractivity contribution >= 4 is 23.3 Å². The van der Waals surface area contributed by atoms with Gasteiger partial charge in [0.1, 0.15) is 0 Å². The van der Waals surface area contributed by atoms with Crippen LogP contribution >= 0.6 is 11.6 Å². The van der Waals surface area contributed by atoms with Gasteiger partial charge < -0.3 is 10.4 Å². The third-order valence-corrected chi connectivity index (χ3v) is 5.98. The predicted octanol–water partition coefficient (Wildman–Crippen LogP) is 5.99. The van der Waals surface area contributed by atoms with Gasteiger partial charge >= 0.3 is 5.97 Å². The van der Waals surface area contributed by atoms with Crippen LogP contribution in [0.2, 0.25) is 5.02 Å². The highest BCUT2D eigenvalue weighted by molar-refractivity contribution is 6.33. The van der Waals surface area contributed by atoms with Crippen LogP contribution in [0.1, 0.15) is 65.2 Å². The molecule has 2 aromatic rings. The molecule has 0 spiro atoms. The Balaban J connectivity index is 1.80. The summed E-state index contributed by atoms with van der Waals surface area (Å²) in [7, 11) is 0. The molecule has 4 rings (SSSR count). The number of nitrogens with one attached hydrogen (secondary N) is 1. The Morgan fingerprint density at radius 2 is 1.92 bits per heavy atom. The van der Waals surface area contributed by atoms with E-state index in [1.165, 1.54) is 11.1 Å². The monoisotopic (exact) mass is 367 g/mol. The molecule has 2 N–H and O–H groups in total. The number of benzene rings is 2. The van der Waals surface area contributed by atoms with Gasteiger partial charge in [-0.3, -0.25) is 0 Å². The number of carbonyl (C=O) groups is 1. The number of hydrogen-bond donors (Lipinski definition) is 2. The summed E-state index contributed by atoms with van der Waals surface area (Å²) in [5.41, 5.74) is 4.45. The zero-order valence-electron chi connectivity index (χ0n) is 14.9. The molecule has 0 aromatic heterocycles. The van der Waals surface area contributed by atoms with Gasteiger partial charge in [-0.1, -0.05) is 61.9 Å². The van der Waals surface area contributed by atoms with Gasteiger partial charge in [0, 0.05) is 5.92 Å². The standard InChI is InChI=1S/C22H22ClNO2/c1-12(2)13-6-8-14(9-7-13)20-16-5-3-4-15(16)19-17(22(25)26)10-11-18(23)21(19)24-20/h3-4,6-12,15-16,20,24H,5H2,1-2H3,(H,25,26)/t15-,16+,20-/m1/s1. The van der Waals surface area contributed by atoms with Crippen LogP contribution in [0.4, 0.5) is 5.69 Å². The van der Waals surface area contributed by atoms with E-state index in [1.807, 2.05) is 0 Å². The average Bonchev–Trinajstić information content (AvgIpc) is 3.11. The normalized spacial score (nSPS) is 23.5. The van der Waals surface area contributed by atoms with Crippen molar-refractivity contribution < 1.29 is 9.90 Å². The molecule has 3 nitrogen and oxygen atoms in total. The smallest absolute Gasteiger partial charge is 0.336 e. The molecule has 3 atom stereocenters. The van der Waals surface area contributed by atoms with Crippen LogP contribution < -0.4 is 5.32 Å². The molecule has 26 heavy (non-hydrogen) atoms. The predicted molar refractivity (Wildman–Crippen MR) is 105 cm³/mol. The average molecular weight is 368 g/mol. The van der Waals surface area contributed by atoms with Crippen LogP contribution in [0.3, 0.4) is 0 Å². The summed E-state index contributed by atoms with van der Waals surface area (Å²) in [4.78, 5) is 11.7. The van der Waals surface area contributed by atoms with Crippen molar-refractivity contribution in [3.8, 4) is 0 Å². The van der Waals surface area contributed by atoms with E-state index in [-0.39, 0.29) is 12.0 Å². The fourth-order valence-electron chi connectivity index (χ4n) is 4.28. The van der Waals surface area contributed by atoms with Gasteiger partial charge in [0.2, 0.25) is 0 Å². The third kappa shape index (κ3) is 2.71. The zero-order valence-corrected chi connectivity index (χ0v) is 15.6.